The summed E-state index contributed by atoms with van der Waals surface area (Å²) >= 11 is 1.26. The van der Waals surface area contributed by atoms with Gasteiger partial charge in [-0.05, 0) is 18.1 Å². The molecule has 0 aliphatic carbocycles. The van der Waals surface area contributed by atoms with Gasteiger partial charge in [0.2, 0.25) is 0 Å². The maximum absolute atomic E-state index is 12.0. The van der Waals surface area contributed by atoms with E-state index in [0.717, 1.165) is 22.5 Å². The molecule has 0 aliphatic heterocycles. The molecule has 0 fully saturated rings. The van der Waals surface area contributed by atoms with Crippen LogP contribution in [0.5, 0.6) is 17.2 Å². The number of nitrogens with zero attached hydrogens (tertiary/aromatic N) is 2. The van der Waals surface area contributed by atoms with Crippen molar-refractivity contribution in [1.82, 2.24) is 9.55 Å². The molecule has 7 nitrogen and oxygen atoms in total. The van der Waals surface area contributed by atoms with E-state index in [4.69, 9.17) is 19.9 Å². The molecule has 8 heteroatoms. The second-order valence-corrected chi connectivity index (χ2v) is 8.01. The van der Waals surface area contributed by atoms with Gasteiger partial charge in [0.25, 0.3) is 5.91 Å². The Kier molecular flexibility index (Phi) is 5.81. The predicted molar refractivity (Wildman–Crippen MR) is 121 cm³/mol. The third-order valence-electron chi connectivity index (χ3n) is 5.09. The van der Waals surface area contributed by atoms with E-state index in [2.05, 4.69) is 24.0 Å². The van der Waals surface area contributed by atoms with E-state index in [1.54, 1.807) is 20.5 Å². The van der Waals surface area contributed by atoms with Crippen molar-refractivity contribution < 1.29 is 19.0 Å². The third kappa shape index (κ3) is 4.06. The summed E-state index contributed by atoms with van der Waals surface area (Å²) < 4.78 is 18.6. The molecule has 0 atom stereocenters. The molecule has 0 spiro atoms. The molecular weight excluding hydrogens is 414 g/mol. The molecule has 0 aliphatic rings. The van der Waals surface area contributed by atoms with Gasteiger partial charge in [-0.2, -0.15) is 0 Å². The van der Waals surface area contributed by atoms with Crippen molar-refractivity contribution in [3.8, 4) is 22.2 Å². The fraction of sp³-hybridized carbons (Fsp3) is 0.217. The van der Waals surface area contributed by atoms with E-state index in [9.17, 15) is 4.79 Å². The Bertz CT molecular complexity index is 1250. The van der Waals surface area contributed by atoms with Gasteiger partial charge >= 0.3 is 0 Å². The summed E-state index contributed by atoms with van der Waals surface area (Å²) in [5, 5.41) is 0.773. The van der Waals surface area contributed by atoms with Crippen molar-refractivity contribution in [3.63, 3.8) is 0 Å². The first kappa shape index (κ1) is 20.7. The van der Waals surface area contributed by atoms with Crippen LogP contribution in [0, 0.1) is 6.92 Å². The van der Waals surface area contributed by atoms with Crippen molar-refractivity contribution in [2.75, 3.05) is 20.8 Å². The minimum absolute atomic E-state index is 0.377. The molecule has 2 aromatic carbocycles. The number of carbonyl (C=O) groups is 1. The van der Waals surface area contributed by atoms with Crippen LogP contribution in [0.4, 0.5) is 0 Å². The first-order chi connectivity index (χ1) is 15.0. The smallest absolute Gasteiger partial charge is 0.262 e. The minimum atomic E-state index is -0.522. The van der Waals surface area contributed by atoms with Gasteiger partial charge in [0.15, 0.2) is 11.5 Å². The molecule has 2 heterocycles. The molecule has 0 saturated carbocycles. The number of methoxy groups -OCH3 is 2. The average Bonchev–Trinajstić information content (AvgIpc) is 3.37. The summed E-state index contributed by atoms with van der Waals surface area (Å²) in [7, 11) is 3.17. The molecule has 0 radical (unpaired) electrons. The average molecular weight is 438 g/mol. The number of aromatic nitrogens is 2. The number of carbonyl (C=O) groups excluding carboxylic acids is 1. The zero-order valence-electron chi connectivity index (χ0n) is 17.5. The third-order valence-corrected chi connectivity index (χ3v) is 6.22. The number of ether oxygens (including phenoxy) is 3. The maximum atomic E-state index is 12.0. The van der Waals surface area contributed by atoms with E-state index in [-0.39, 0.29) is 0 Å². The summed E-state index contributed by atoms with van der Waals surface area (Å²) in [5.74, 6) is 1.15. The first-order valence-corrected chi connectivity index (χ1v) is 10.5. The molecule has 0 bridgehead atoms. The second kappa shape index (κ2) is 8.69. The first-order valence-electron chi connectivity index (χ1n) is 9.72. The van der Waals surface area contributed by atoms with Crippen LogP contribution in [-0.4, -0.2) is 36.3 Å². The van der Waals surface area contributed by atoms with Gasteiger partial charge < -0.3 is 19.9 Å². The van der Waals surface area contributed by atoms with Crippen LogP contribution in [0.1, 0.15) is 20.8 Å². The number of thiophene rings is 1. The summed E-state index contributed by atoms with van der Waals surface area (Å²) in [6.45, 7) is 2.51. The van der Waals surface area contributed by atoms with Crippen molar-refractivity contribution in [1.29, 1.82) is 0 Å². The highest BCUT2D eigenvalue weighted by Crippen LogP contribution is 2.36. The van der Waals surface area contributed by atoms with E-state index in [1.807, 2.05) is 34.9 Å². The number of hydrogen-bond acceptors (Lipinski definition) is 6. The Morgan fingerprint density at radius 2 is 1.84 bits per heavy atom. The van der Waals surface area contributed by atoms with Crippen molar-refractivity contribution in [3.05, 3.63) is 64.8 Å². The number of primary amides is 1. The highest BCUT2D eigenvalue weighted by molar-refractivity contribution is 7.16. The fourth-order valence-electron chi connectivity index (χ4n) is 3.43. The normalized spacial score (nSPS) is 10.9. The molecule has 2 N–H and O–H groups in total. The van der Waals surface area contributed by atoms with Gasteiger partial charge in [-0.25, -0.2) is 4.98 Å². The molecule has 160 valence electrons. The van der Waals surface area contributed by atoms with Gasteiger partial charge in [0.05, 0.1) is 31.9 Å². The largest absolute Gasteiger partial charge is 0.493 e. The summed E-state index contributed by atoms with van der Waals surface area (Å²) in [5.41, 5.74) is 9.60. The number of amides is 1. The minimum Gasteiger partial charge on any atom is -0.493 e. The Morgan fingerprint density at radius 3 is 2.55 bits per heavy atom. The second-order valence-electron chi connectivity index (χ2n) is 6.98. The standard InChI is InChI=1S/C23H23N3O4S/c1-14-6-4-5-7-15(14)8-9-30-20-12-21(31-22(20)23(24)27)26-13-25-16-10-18(28-2)19(29-3)11-17(16)26/h4-7,10-13H,8-9H2,1-3H3,(H2,24,27). The number of imidazole rings is 1. The Labute approximate surface area is 184 Å². The topological polar surface area (TPSA) is 88.6 Å². The van der Waals surface area contributed by atoms with Crippen LogP contribution < -0.4 is 19.9 Å². The number of fused-ring (bicyclic) bond motifs is 1. The van der Waals surface area contributed by atoms with Crippen LogP contribution >= 0.6 is 11.3 Å². The van der Waals surface area contributed by atoms with E-state index in [1.165, 1.54) is 22.5 Å². The summed E-state index contributed by atoms with van der Waals surface area (Å²) in [4.78, 5) is 16.9. The lowest BCUT2D eigenvalue weighted by molar-refractivity contribution is 0.100. The molecule has 4 aromatic rings. The van der Waals surface area contributed by atoms with Gasteiger partial charge in [-0.15, -0.1) is 11.3 Å². The van der Waals surface area contributed by atoms with Gasteiger partial charge in [-0.1, -0.05) is 24.3 Å². The lowest BCUT2D eigenvalue weighted by atomic mass is 10.1. The Hall–Kier alpha value is -3.52. The zero-order chi connectivity index (χ0) is 22.0. The predicted octanol–water partition coefficient (Wildman–Crippen LogP) is 4.13. The van der Waals surface area contributed by atoms with Gasteiger partial charge in [-0.3, -0.25) is 9.36 Å². The summed E-state index contributed by atoms with van der Waals surface area (Å²) in [6.07, 6.45) is 2.43. The maximum Gasteiger partial charge on any atom is 0.262 e. The van der Waals surface area contributed by atoms with Crippen LogP contribution in [0.15, 0.2) is 48.8 Å². The molecule has 1 amide bonds. The lowest BCUT2D eigenvalue weighted by Crippen LogP contribution is -2.11. The van der Waals surface area contributed by atoms with E-state index >= 15 is 0 Å². The lowest BCUT2D eigenvalue weighted by Gasteiger charge is -2.08. The highest BCUT2D eigenvalue weighted by Gasteiger charge is 2.19. The number of hydrogen-bond donors (Lipinski definition) is 1. The molecule has 31 heavy (non-hydrogen) atoms. The number of aryl methyl sites for hydroxylation is 1. The monoisotopic (exact) mass is 437 g/mol. The number of benzene rings is 2. The number of nitrogens with two attached hydrogens (primary N) is 1. The van der Waals surface area contributed by atoms with E-state index in [0.29, 0.717) is 28.7 Å². The van der Waals surface area contributed by atoms with Crippen LogP contribution in [-0.2, 0) is 6.42 Å². The van der Waals surface area contributed by atoms with Gasteiger partial charge in [0, 0.05) is 24.6 Å². The molecule has 0 unspecified atom stereocenters. The van der Waals surface area contributed by atoms with Crippen LogP contribution in [0.25, 0.3) is 16.0 Å². The Morgan fingerprint density at radius 1 is 1.10 bits per heavy atom. The fourth-order valence-corrected chi connectivity index (χ4v) is 4.37. The molecule has 4 rings (SSSR count). The van der Waals surface area contributed by atoms with Crippen molar-refractivity contribution in [2.45, 2.75) is 13.3 Å². The van der Waals surface area contributed by atoms with Crippen molar-refractivity contribution in [2.24, 2.45) is 5.73 Å². The van der Waals surface area contributed by atoms with Gasteiger partial charge in [0.1, 0.15) is 22.0 Å². The quantitative estimate of drug-likeness (QED) is 0.448. The van der Waals surface area contributed by atoms with Crippen LogP contribution in [0.2, 0.25) is 0 Å². The molecule has 0 saturated heterocycles. The van der Waals surface area contributed by atoms with Crippen LogP contribution in [0.3, 0.4) is 0 Å². The van der Waals surface area contributed by atoms with E-state index < -0.39 is 5.91 Å². The summed E-state index contributed by atoms with van der Waals surface area (Å²) in [6, 6.07) is 13.6. The SMILES string of the molecule is COc1cc2ncn(-c3cc(OCCc4ccccc4C)c(C(N)=O)s3)c2cc1OC. The number of rotatable bonds is 8. The molecule has 2 aromatic heterocycles. The highest BCUT2D eigenvalue weighted by atomic mass is 32.1. The molecular formula is C23H23N3O4S. The van der Waals surface area contributed by atoms with Crippen molar-refractivity contribution >= 4 is 28.3 Å². The zero-order valence-corrected chi connectivity index (χ0v) is 18.4. The Balaban J connectivity index is 1.64.